The van der Waals surface area contributed by atoms with Crippen LogP contribution in [0.2, 0.25) is 0 Å². The van der Waals surface area contributed by atoms with Gasteiger partial charge in [0.05, 0.1) is 12.4 Å². The van der Waals surface area contributed by atoms with Gasteiger partial charge in [0.15, 0.2) is 0 Å². The molecule has 0 fully saturated rings. The minimum Gasteiger partial charge on any atom is -0.351 e. The lowest BCUT2D eigenvalue weighted by atomic mass is 10.2. The van der Waals surface area contributed by atoms with E-state index in [-0.39, 0.29) is 17.5 Å². The monoisotopic (exact) mass is 356 g/mol. The van der Waals surface area contributed by atoms with E-state index in [0.717, 1.165) is 18.7 Å². The second-order valence-electron chi connectivity index (χ2n) is 6.09. The molecule has 8 nitrogen and oxygen atoms in total. The number of hydrogen-bond donors (Lipinski definition) is 3. The minimum atomic E-state index is -0.240. The van der Waals surface area contributed by atoms with Gasteiger partial charge in [0.1, 0.15) is 11.5 Å². The molecule has 0 bridgehead atoms. The Labute approximate surface area is 153 Å². The van der Waals surface area contributed by atoms with Gasteiger partial charge in [-0.15, -0.1) is 0 Å². The third-order valence-electron chi connectivity index (χ3n) is 3.41. The van der Waals surface area contributed by atoms with E-state index in [4.69, 9.17) is 0 Å². The summed E-state index contributed by atoms with van der Waals surface area (Å²) < 4.78 is 0. The number of benzene rings is 1. The smallest absolute Gasteiger partial charge is 0.271 e. The number of nitrogens with one attached hydrogen (secondary N) is 3. The average molecular weight is 356 g/mol. The van der Waals surface area contributed by atoms with Gasteiger partial charge in [-0.2, -0.15) is 0 Å². The van der Waals surface area contributed by atoms with Crippen LogP contribution in [0.15, 0.2) is 36.7 Å². The Hall–Kier alpha value is -3.00. The SMILES string of the molecule is CC(=O)Nc1cccc(Nc2cnc(C(=O)NCCCN(C)C)cn2)c1. The summed E-state index contributed by atoms with van der Waals surface area (Å²) in [7, 11) is 3.98. The number of amides is 2. The summed E-state index contributed by atoms with van der Waals surface area (Å²) in [6.45, 7) is 2.96. The highest BCUT2D eigenvalue weighted by Crippen LogP contribution is 2.18. The number of anilines is 3. The van der Waals surface area contributed by atoms with Gasteiger partial charge in [0.25, 0.3) is 5.91 Å². The van der Waals surface area contributed by atoms with Crippen molar-refractivity contribution in [3.8, 4) is 0 Å². The standard InChI is InChI=1S/C18H24N6O2/c1-13(25)22-14-6-4-7-15(10-14)23-17-12-20-16(11-21-17)18(26)19-8-5-9-24(2)3/h4,6-7,10-12H,5,8-9H2,1-3H3,(H,19,26)(H,21,23)(H,22,25). The first-order valence-electron chi connectivity index (χ1n) is 8.33. The molecule has 2 rings (SSSR count). The molecule has 0 aliphatic carbocycles. The van der Waals surface area contributed by atoms with Gasteiger partial charge in [0.2, 0.25) is 5.91 Å². The second kappa shape index (κ2) is 9.47. The molecule has 0 aliphatic heterocycles. The van der Waals surface area contributed by atoms with E-state index in [9.17, 15) is 9.59 Å². The molecule has 1 aromatic heterocycles. The van der Waals surface area contributed by atoms with E-state index in [0.29, 0.717) is 18.1 Å². The molecule has 26 heavy (non-hydrogen) atoms. The Morgan fingerprint density at radius 1 is 1.12 bits per heavy atom. The van der Waals surface area contributed by atoms with E-state index < -0.39 is 0 Å². The van der Waals surface area contributed by atoms with E-state index in [1.54, 1.807) is 12.1 Å². The van der Waals surface area contributed by atoms with Crippen molar-refractivity contribution in [3.05, 3.63) is 42.4 Å². The van der Waals surface area contributed by atoms with Crippen LogP contribution < -0.4 is 16.0 Å². The summed E-state index contributed by atoms with van der Waals surface area (Å²) in [5.74, 6) is 0.132. The Bertz CT molecular complexity index is 746. The highest BCUT2D eigenvalue weighted by Gasteiger charge is 2.08. The number of carbonyl (C=O) groups excluding carboxylic acids is 2. The molecule has 0 spiro atoms. The maximum Gasteiger partial charge on any atom is 0.271 e. The fourth-order valence-corrected chi connectivity index (χ4v) is 2.22. The summed E-state index contributed by atoms with van der Waals surface area (Å²) in [6, 6.07) is 7.24. The van der Waals surface area contributed by atoms with E-state index in [2.05, 4.69) is 30.8 Å². The lowest BCUT2D eigenvalue weighted by Gasteiger charge is -2.10. The molecule has 0 atom stereocenters. The first-order valence-corrected chi connectivity index (χ1v) is 8.33. The van der Waals surface area contributed by atoms with Crippen LogP contribution in [0.3, 0.4) is 0 Å². The van der Waals surface area contributed by atoms with Gasteiger partial charge in [0, 0.05) is 24.8 Å². The van der Waals surface area contributed by atoms with Crippen LogP contribution in [0.1, 0.15) is 23.8 Å². The molecule has 0 unspecified atom stereocenters. The summed E-state index contributed by atoms with van der Waals surface area (Å²) in [6.07, 6.45) is 3.80. The summed E-state index contributed by atoms with van der Waals surface area (Å²) in [4.78, 5) is 33.6. The normalized spacial score (nSPS) is 10.5. The van der Waals surface area contributed by atoms with E-state index in [1.165, 1.54) is 19.3 Å². The van der Waals surface area contributed by atoms with Gasteiger partial charge in [-0.05, 0) is 45.3 Å². The van der Waals surface area contributed by atoms with Gasteiger partial charge in [-0.3, -0.25) is 9.59 Å². The maximum atomic E-state index is 12.0. The van der Waals surface area contributed by atoms with Crippen LogP contribution in [-0.4, -0.2) is 53.9 Å². The number of hydrogen-bond acceptors (Lipinski definition) is 6. The molecule has 1 aromatic carbocycles. The Morgan fingerprint density at radius 2 is 1.88 bits per heavy atom. The third-order valence-corrected chi connectivity index (χ3v) is 3.41. The molecular formula is C18H24N6O2. The summed E-state index contributed by atoms with van der Waals surface area (Å²) in [5, 5.41) is 8.62. The highest BCUT2D eigenvalue weighted by molar-refractivity contribution is 5.92. The number of rotatable bonds is 8. The van der Waals surface area contributed by atoms with Crippen LogP contribution in [-0.2, 0) is 4.79 Å². The van der Waals surface area contributed by atoms with Crippen LogP contribution in [0.25, 0.3) is 0 Å². The molecule has 2 aromatic rings. The first kappa shape index (κ1) is 19.3. The zero-order chi connectivity index (χ0) is 18.9. The first-order chi connectivity index (χ1) is 12.4. The van der Waals surface area contributed by atoms with Gasteiger partial charge in [-0.25, -0.2) is 9.97 Å². The van der Waals surface area contributed by atoms with E-state index >= 15 is 0 Å². The number of nitrogens with zero attached hydrogens (tertiary/aromatic N) is 3. The highest BCUT2D eigenvalue weighted by atomic mass is 16.2. The van der Waals surface area contributed by atoms with E-state index in [1.807, 2.05) is 26.2 Å². The van der Waals surface area contributed by atoms with Crippen molar-refractivity contribution in [2.75, 3.05) is 37.8 Å². The topological polar surface area (TPSA) is 99.2 Å². The quantitative estimate of drug-likeness (QED) is 0.625. The van der Waals surface area contributed by atoms with Crippen LogP contribution in [0.5, 0.6) is 0 Å². The molecule has 3 N–H and O–H groups in total. The molecular weight excluding hydrogens is 332 g/mol. The van der Waals surface area contributed by atoms with Gasteiger partial charge < -0.3 is 20.9 Å². The zero-order valence-corrected chi connectivity index (χ0v) is 15.2. The summed E-state index contributed by atoms with van der Waals surface area (Å²) in [5.41, 5.74) is 1.71. The molecule has 8 heteroatoms. The second-order valence-corrected chi connectivity index (χ2v) is 6.09. The minimum absolute atomic E-state index is 0.136. The van der Waals surface area contributed by atoms with Crippen molar-refractivity contribution in [1.82, 2.24) is 20.2 Å². The van der Waals surface area contributed by atoms with Crippen molar-refractivity contribution in [2.45, 2.75) is 13.3 Å². The van der Waals surface area contributed by atoms with Crippen molar-refractivity contribution in [1.29, 1.82) is 0 Å². The fourth-order valence-electron chi connectivity index (χ4n) is 2.22. The van der Waals surface area contributed by atoms with Gasteiger partial charge in [-0.1, -0.05) is 6.07 Å². The van der Waals surface area contributed by atoms with Crippen molar-refractivity contribution < 1.29 is 9.59 Å². The molecule has 0 aliphatic rings. The molecule has 2 amide bonds. The fraction of sp³-hybridized carbons (Fsp3) is 0.333. The van der Waals surface area contributed by atoms with Gasteiger partial charge >= 0.3 is 0 Å². The van der Waals surface area contributed by atoms with Crippen LogP contribution in [0, 0.1) is 0 Å². The predicted molar refractivity (Wildman–Crippen MR) is 102 cm³/mol. The van der Waals surface area contributed by atoms with Crippen molar-refractivity contribution in [3.63, 3.8) is 0 Å². The Balaban J connectivity index is 1.91. The summed E-state index contributed by atoms with van der Waals surface area (Å²) >= 11 is 0. The number of aromatic nitrogens is 2. The Kier molecular flexibility index (Phi) is 7.04. The molecule has 138 valence electrons. The molecule has 1 heterocycles. The van der Waals surface area contributed by atoms with Crippen molar-refractivity contribution >= 4 is 29.0 Å². The lowest BCUT2D eigenvalue weighted by Crippen LogP contribution is -2.27. The third kappa shape index (κ3) is 6.48. The van der Waals surface area contributed by atoms with Crippen LogP contribution >= 0.6 is 0 Å². The largest absolute Gasteiger partial charge is 0.351 e. The zero-order valence-electron chi connectivity index (χ0n) is 15.2. The van der Waals surface area contributed by atoms with Crippen molar-refractivity contribution in [2.24, 2.45) is 0 Å². The maximum absolute atomic E-state index is 12.0. The number of carbonyl (C=O) groups is 2. The van der Waals surface area contributed by atoms with Crippen LogP contribution in [0.4, 0.5) is 17.2 Å². The lowest BCUT2D eigenvalue weighted by molar-refractivity contribution is -0.114. The molecule has 0 saturated carbocycles. The Morgan fingerprint density at radius 3 is 2.54 bits per heavy atom. The average Bonchev–Trinajstić information content (AvgIpc) is 2.59. The molecule has 0 saturated heterocycles. The molecule has 0 radical (unpaired) electrons. The predicted octanol–water partition coefficient (Wildman–Crippen LogP) is 1.86.